The number of rotatable bonds is 7. The molecule has 8 heteroatoms. The van der Waals surface area contributed by atoms with Crippen LogP contribution in [0.1, 0.15) is 18.9 Å². The van der Waals surface area contributed by atoms with Crippen molar-refractivity contribution >= 4 is 23.0 Å². The summed E-state index contributed by atoms with van der Waals surface area (Å²) in [4.78, 5) is 27.0. The van der Waals surface area contributed by atoms with Crippen LogP contribution in [0.5, 0.6) is 0 Å². The molecule has 1 heterocycles. The minimum Gasteiger partial charge on any atom is -0.369 e. The van der Waals surface area contributed by atoms with Crippen LogP contribution >= 0.6 is 0 Å². The Balaban J connectivity index is 1.41. The highest BCUT2D eigenvalue weighted by Gasteiger charge is 2.17. The molecule has 3 rings (SSSR count). The van der Waals surface area contributed by atoms with Crippen molar-refractivity contribution in [2.24, 2.45) is 5.10 Å². The lowest BCUT2D eigenvalue weighted by molar-refractivity contribution is -0.384. The minimum atomic E-state index is -0.447. The molecule has 0 radical (unpaired) electrons. The van der Waals surface area contributed by atoms with E-state index in [0.29, 0.717) is 18.7 Å². The number of nitrogens with zero attached hydrogens (tertiary/aromatic N) is 4. The highest BCUT2D eigenvalue weighted by atomic mass is 16.6. The van der Waals surface area contributed by atoms with Crippen molar-refractivity contribution in [3.05, 3.63) is 70.3 Å². The zero-order valence-corrected chi connectivity index (χ0v) is 16.5. The Labute approximate surface area is 170 Å². The molecule has 2 aromatic carbocycles. The molecule has 0 atom stereocenters. The van der Waals surface area contributed by atoms with Crippen LogP contribution in [0.25, 0.3) is 0 Å². The van der Waals surface area contributed by atoms with Gasteiger partial charge >= 0.3 is 0 Å². The van der Waals surface area contributed by atoms with Gasteiger partial charge in [-0.3, -0.25) is 19.8 Å². The van der Waals surface area contributed by atoms with E-state index in [-0.39, 0.29) is 11.6 Å². The maximum absolute atomic E-state index is 12.1. The lowest BCUT2D eigenvalue weighted by Gasteiger charge is -2.36. The monoisotopic (exact) mass is 395 g/mol. The maximum Gasteiger partial charge on any atom is 0.269 e. The highest BCUT2D eigenvalue weighted by molar-refractivity contribution is 5.99. The number of piperazine rings is 1. The predicted molar refractivity (Wildman–Crippen MR) is 113 cm³/mol. The normalized spacial score (nSPS) is 15.2. The van der Waals surface area contributed by atoms with Crippen LogP contribution < -0.4 is 10.3 Å². The fraction of sp³-hybridized carbons (Fsp3) is 0.333. The van der Waals surface area contributed by atoms with Gasteiger partial charge in [-0.1, -0.05) is 18.2 Å². The Bertz CT molecular complexity index is 860. The molecule has 1 aliphatic heterocycles. The van der Waals surface area contributed by atoms with Crippen LogP contribution in [0, 0.1) is 10.1 Å². The molecule has 1 N–H and O–H groups in total. The number of para-hydroxylation sites is 1. The first-order valence-corrected chi connectivity index (χ1v) is 9.63. The van der Waals surface area contributed by atoms with Crippen molar-refractivity contribution in [2.45, 2.75) is 13.3 Å². The average molecular weight is 395 g/mol. The summed E-state index contributed by atoms with van der Waals surface area (Å²) >= 11 is 0. The standard InChI is InChI=1S/C21H25N5O3/c1-17(18-7-9-20(10-8-18)26(28)29)22-23-21(27)11-12-24-13-15-25(16-14-24)19-5-3-2-4-6-19/h2-10H,11-16H2,1H3,(H,23,27)/b22-17-. The van der Waals surface area contributed by atoms with Crippen molar-refractivity contribution < 1.29 is 9.72 Å². The molecule has 2 aromatic rings. The summed E-state index contributed by atoms with van der Waals surface area (Å²) in [5.41, 5.74) is 5.16. The van der Waals surface area contributed by atoms with Crippen molar-refractivity contribution in [2.75, 3.05) is 37.6 Å². The summed E-state index contributed by atoms with van der Waals surface area (Å²) in [6.07, 6.45) is 0.377. The number of anilines is 1. The second-order valence-electron chi connectivity index (χ2n) is 6.95. The molecule has 0 saturated carbocycles. The first-order valence-electron chi connectivity index (χ1n) is 9.63. The minimum absolute atomic E-state index is 0.0259. The number of hydrogen-bond acceptors (Lipinski definition) is 6. The summed E-state index contributed by atoms with van der Waals surface area (Å²) in [7, 11) is 0. The lowest BCUT2D eigenvalue weighted by atomic mass is 10.1. The van der Waals surface area contributed by atoms with Crippen LogP contribution in [-0.2, 0) is 4.79 Å². The van der Waals surface area contributed by atoms with E-state index in [1.165, 1.54) is 17.8 Å². The predicted octanol–water partition coefficient (Wildman–Crippen LogP) is 2.65. The number of benzene rings is 2. The number of nitro groups is 1. The lowest BCUT2D eigenvalue weighted by Crippen LogP contribution is -2.47. The van der Waals surface area contributed by atoms with Crippen LogP contribution in [0.3, 0.4) is 0 Å². The van der Waals surface area contributed by atoms with Gasteiger partial charge in [0.15, 0.2) is 0 Å². The molecule has 1 aliphatic rings. The molecular weight excluding hydrogens is 370 g/mol. The molecule has 29 heavy (non-hydrogen) atoms. The van der Waals surface area contributed by atoms with Gasteiger partial charge in [0.2, 0.25) is 5.91 Å². The average Bonchev–Trinajstić information content (AvgIpc) is 2.77. The first kappa shape index (κ1) is 20.5. The zero-order chi connectivity index (χ0) is 20.6. The fourth-order valence-electron chi connectivity index (χ4n) is 3.22. The first-order chi connectivity index (χ1) is 14.0. The van der Waals surface area contributed by atoms with E-state index in [9.17, 15) is 14.9 Å². The quantitative estimate of drug-likeness (QED) is 0.442. The van der Waals surface area contributed by atoms with Gasteiger partial charge in [-0.15, -0.1) is 0 Å². The topological polar surface area (TPSA) is 91.1 Å². The van der Waals surface area contributed by atoms with Crippen molar-refractivity contribution in [3.63, 3.8) is 0 Å². The number of non-ortho nitro benzene ring substituents is 1. The van der Waals surface area contributed by atoms with Crippen LogP contribution in [0.2, 0.25) is 0 Å². The Morgan fingerprint density at radius 1 is 1.07 bits per heavy atom. The van der Waals surface area contributed by atoms with Gasteiger partial charge in [-0.05, 0) is 36.8 Å². The molecule has 152 valence electrons. The number of carbonyl (C=O) groups excluding carboxylic acids is 1. The maximum atomic E-state index is 12.1. The van der Waals surface area contributed by atoms with Gasteiger partial charge in [-0.25, -0.2) is 5.43 Å². The second-order valence-corrected chi connectivity index (χ2v) is 6.95. The molecule has 1 saturated heterocycles. The number of hydrogen-bond donors (Lipinski definition) is 1. The molecule has 0 unspecified atom stereocenters. The fourth-order valence-corrected chi connectivity index (χ4v) is 3.22. The van der Waals surface area contributed by atoms with Crippen molar-refractivity contribution in [1.82, 2.24) is 10.3 Å². The summed E-state index contributed by atoms with van der Waals surface area (Å²) in [6, 6.07) is 16.4. The SMILES string of the molecule is C/C(=N/NC(=O)CCN1CCN(c2ccccc2)CC1)c1ccc([N+](=O)[O-])cc1. The van der Waals surface area contributed by atoms with Crippen LogP contribution in [0.15, 0.2) is 59.7 Å². The smallest absolute Gasteiger partial charge is 0.269 e. The van der Waals surface area contributed by atoms with Gasteiger partial charge in [0.05, 0.1) is 10.6 Å². The summed E-state index contributed by atoms with van der Waals surface area (Å²) in [5, 5.41) is 14.8. The van der Waals surface area contributed by atoms with Crippen molar-refractivity contribution in [3.8, 4) is 0 Å². The summed E-state index contributed by atoms with van der Waals surface area (Å²) < 4.78 is 0. The Morgan fingerprint density at radius 3 is 2.34 bits per heavy atom. The van der Waals surface area contributed by atoms with Crippen molar-refractivity contribution in [1.29, 1.82) is 0 Å². The number of amides is 1. The number of nitrogens with one attached hydrogen (secondary N) is 1. The third kappa shape index (κ3) is 5.86. The molecule has 0 bridgehead atoms. The van der Waals surface area contributed by atoms with E-state index in [4.69, 9.17) is 0 Å². The second kappa shape index (κ2) is 9.79. The van der Waals surface area contributed by atoms with E-state index in [0.717, 1.165) is 31.7 Å². The van der Waals surface area contributed by atoms with E-state index < -0.39 is 4.92 Å². The van der Waals surface area contributed by atoms with E-state index in [2.05, 4.69) is 32.5 Å². The van der Waals surface area contributed by atoms with Gasteiger partial charge in [0.1, 0.15) is 0 Å². The van der Waals surface area contributed by atoms with Gasteiger partial charge in [0, 0.05) is 57.0 Å². The van der Waals surface area contributed by atoms with E-state index >= 15 is 0 Å². The summed E-state index contributed by atoms with van der Waals surface area (Å²) in [6.45, 7) is 6.19. The van der Waals surface area contributed by atoms with Gasteiger partial charge < -0.3 is 4.90 Å². The Morgan fingerprint density at radius 2 is 1.72 bits per heavy atom. The van der Waals surface area contributed by atoms with Crippen LogP contribution in [0.4, 0.5) is 11.4 Å². The third-order valence-electron chi connectivity index (χ3n) is 4.99. The Kier molecular flexibility index (Phi) is 6.91. The molecule has 0 aromatic heterocycles. The largest absolute Gasteiger partial charge is 0.369 e. The molecule has 0 spiro atoms. The van der Waals surface area contributed by atoms with Gasteiger partial charge in [0.25, 0.3) is 5.69 Å². The molecular formula is C21H25N5O3. The molecule has 0 aliphatic carbocycles. The molecule has 1 amide bonds. The zero-order valence-electron chi connectivity index (χ0n) is 16.5. The number of nitro benzene ring substituents is 1. The van der Waals surface area contributed by atoms with Crippen LogP contribution in [-0.4, -0.2) is 54.2 Å². The molecule has 1 fully saturated rings. The molecule has 8 nitrogen and oxygen atoms in total. The highest BCUT2D eigenvalue weighted by Crippen LogP contribution is 2.15. The Hall–Kier alpha value is -3.26. The number of hydrazone groups is 1. The summed E-state index contributed by atoms with van der Waals surface area (Å²) in [5.74, 6) is -0.142. The van der Waals surface area contributed by atoms with Gasteiger partial charge in [-0.2, -0.15) is 5.10 Å². The van der Waals surface area contributed by atoms with E-state index in [1.807, 2.05) is 18.2 Å². The van der Waals surface area contributed by atoms with E-state index in [1.54, 1.807) is 19.1 Å². The number of carbonyl (C=O) groups is 1. The third-order valence-corrected chi connectivity index (χ3v) is 4.99.